The first-order valence-electron chi connectivity index (χ1n) is 5.69. The Kier molecular flexibility index (Phi) is 3.80. The van der Waals surface area contributed by atoms with Crippen molar-refractivity contribution in [3.05, 3.63) is 44.6 Å². The van der Waals surface area contributed by atoms with Gasteiger partial charge in [-0.05, 0) is 54.4 Å². The van der Waals surface area contributed by atoms with Gasteiger partial charge in [0.05, 0.1) is 22.1 Å². The van der Waals surface area contributed by atoms with Crippen LogP contribution >= 0.6 is 27.5 Å². The molecular weight excluding hydrogens is 314 g/mol. The quantitative estimate of drug-likeness (QED) is 0.908. The van der Waals surface area contributed by atoms with Crippen molar-refractivity contribution in [1.29, 1.82) is 0 Å². The summed E-state index contributed by atoms with van der Waals surface area (Å²) in [5.74, 6) is 0. The number of hydrogen-bond donors (Lipinski definition) is 1. The highest BCUT2D eigenvalue weighted by Gasteiger charge is 2.13. The van der Waals surface area contributed by atoms with E-state index in [4.69, 9.17) is 17.3 Å². The molecular formula is C13H15BrClN3. The van der Waals surface area contributed by atoms with Crippen LogP contribution in [-0.4, -0.2) is 9.78 Å². The zero-order valence-corrected chi connectivity index (χ0v) is 12.9. The monoisotopic (exact) mass is 327 g/mol. The Morgan fingerprint density at radius 2 is 2.06 bits per heavy atom. The Bertz CT molecular complexity index is 590. The topological polar surface area (TPSA) is 43.8 Å². The molecule has 1 aromatic heterocycles. The van der Waals surface area contributed by atoms with Crippen LogP contribution in [0.1, 0.15) is 29.9 Å². The van der Waals surface area contributed by atoms with E-state index in [0.29, 0.717) is 5.02 Å². The lowest BCUT2D eigenvalue weighted by molar-refractivity contribution is 0.805. The van der Waals surface area contributed by atoms with Gasteiger partial charge in [-0.15, -0.1) is 0 Å². The Morgan fingerprint density at radius 1 is 1.39 bits per heavy atom. The van der Waals surface area contributed by atoms with Crippen LogP contribution < -0.4 is 5.73 Å². The van der Waals surface area contributed by atoms with E-state index >= 15 is 0 Å². The zero-order chi connectivity index (χ0) is 13.4. The maximum atomic E-state index is 6.16. The van der Waals surface area contributed by atoms with Crippen LogP contribution in [0.3, 0.4) is 0 Å². The van der Waals surface area contributed by atoms with Crippen molar-refractivity contribution >= 4 is 27.5 Å². The van der Waals surface area contributed by atoms with Crippen LogP contribution in [0.4, 0.5) is 0 Å². The summed E-state index contributed by atoms with van der Waals surface area (Å²) in [6.07, 6.45) is 0. The maximum Gasteiger partial charge on any atom is 0.0848 e. The summed E-state index contributed by atoms with van der Waals surface area (Å²) >= 11 is 9.72. The third-order valence-corrected chi connectivity index (χ3v) is 4.11. The average Bonchev–Trinajstić information content (AvgIpc) is 2.57. The van der Waals surface area contributed by atoms with Gasteiger partial charge >= 0.3 is 0 Å². The van der Waals surface area contributed by atoms with Crippen LogP contribution in [0.2, 0.25) is 5.02 Å². The van der Waals surface area contributed by atoms with Crippen LogP contribution in [0.25, 0.3) is 5.69 Å². The van der Waals surface area contributed by atoms with Gasteiger partial charge in [-0.1, -0.05) is 17.7 Å². The molecule has 0 spiro atoms. The molecule has 0 aliphatic carbocycles. The SMILES string of the molecule is Cc1nn(-c2ccc(C(C)N)cc2Br)c(C)c1Cl. The largest absolute Gasteiger partial charge is 0.324 e. The van der Waals surface area contributed by atoms with Gasteiger partial charge in [-0.3, -0.25) is 0 Å². The van der Waals surface area contributed by atoms with E-state index in [0.717, 1.165) is 27.1 Å². The number of aryl methyl sites for hydroxylation is 1. The van der Waals surface area contributed by atoms with Crippen LogP contribution in [0, 0.1) is 13.8 Å². The minimum absolute atomic E-state index is 0.0133. The summed E-state index contributed by atoms with van der Waals surface area (Å²) in [6.45, 7) is 5.81. The van der Waals surface area contributed by atoms with Gasteiger partial charge in [0, 0.05) is 10.5 Å². The molecule has 18 heavy (non-hydrogen) atoms. The Morgan fingerprint density at radius 3 is 2.50 bits per heavy atom. The van der Waals surface area contributed by atoms with E-state index in [1.165, 1.54) is 0 Å². The number of hydrogen-bond acceptors (Lipinski definition) is 2. The summed E-state index contributed by atoms with van der Waals surface area (Å²) in [4.78, 5) is 0. The second-order valence-electron chi connectivity index (χ2n) is 4.40. The number of halogens is 2. The van der Waals surface area contributed by atoms with E-state index < -0.39 is 0 Å². The highest BCUT2D eigenvalue weighted by atomic mass is 79.9. The van der Waals surface area contributed by atoms with Gasteiger partial charge in [-0.2, -0.15) is 5.10 Å². The van der Waals surface area contributed by atoms with E-state index in [1.54, 1.807) is 0 Å². The molecule has 5 heteroatoms. The third kappa shape index (κ3) is 2.32. The molecule has 1 aromatic carbocycles. The molecule has 0 saturated carbocycles. The number of rotatable bonds is 2. The van der Waals surface area contributed by atoms with Gasteiger partial charge < -0.3 is 5.73 Å². The average molecular weight is 329 g/mol. The van der Waals surface area contributed by atoms with Gasteiger partial charge in [0.2, 0.25) is 0 Å². The first-order valence-corrected chi connectivity index (χ1v) is 6.86. The first kappa shape index (κ1) is 13.6. The minimum atomic E-state index is 0.0133. The van der Waals surface area contributed by atoms with E-state index in [2.05, 4.69) is 21.0 Å². The maximum absolute atomic E-state index is 6.16. The van der Waals surface area contributed by atoms with Crippen molar-refractivity contribution in [3.63, 3.8) is 0 Å². The summed E-state index contributed by atoms with van der Waals surface area (Å²) in [5.41, 5.74) is 9.68. The summed E-state index contributed by atoms with van der Waals surface area (Å²) in [7, 11) is 0. The number of aromatic nitrogens is 2. The molecule has 0 amide bonds. The van der Waals surface area contributed by atoms with Gasteiger partial charge in [0.1, 0.15) is 0 Å². The Labute approximate surface area is 120 Å². The molecule has 0 aliphatic heterocycles. The lowest BCUT2D eigenvalue weighted by Gasteiger charge is -2.11. The summed E-state index contributed by atoms with van der Waals surface area (Å²) < 4.78 is 2.80. The van der Waals surface area contributed by atoms with Crippen molar-refractivity contribution in [3.8, 4) is 5.69 Å². The predicted molar refractivity (Wildman–Crippen MR) is 78.4 cm³/mol. The fourth-order valence-electron chi connectivity index (χ4n) is 1.84. The summed E-state index contributed by atoms with van der Waals surface area (Å²) in [6, 6.07) is 6.04. The smallest absolute Gasteiger partial charge is 0.0848 e. The number of benzene rings is 1. The van der Waals surface area contributed by atoms with Crippen molar-refractivity contribution < 1.29 is 0 Å². The lowest BCUT2D eigenvalue weighted by atomic mass is 10.1. The Hall–Kier alpha value is -0.840. The number of nitrogens with zero attached hydrogens (tertiary/aromatic N) is 2. The molecule has 3 nitrogen and oxygen atoms in total. The molecule has 0 radical (unpaired) electrons. The molecule has 0 aliphatic rings. The van der Waals surface area contributed by atoms with Crippen LogP contribution in [-0.2, 0) is 0 Å². The zero-order valence-electron chi connectivity index (χ0n) is 10.5. The van der Waals surface area contributed by atoms with Crippen molar-refractivity contribution in [2.75, 3.05) is 0 Å². The highest BCUT2D eigenvalue weighted by molar-refractivity contribution is 9.10. The van der Waals surface area contributed by atoms with Gasteiger partial charge in [0.25, 0.3) is 0 Å². The van der Waals surface area contributed by atoms with Crippen LogP contribution in [0.15, 0.2) is 22.7 Å². The second kappa shape index (κ2) is 5.03. The Balaban J connectivity index is 2.54. The fourth-order valence-corrected chi connectivity index (χ4v) is 2.52. The van der Waals surface area contributed by atoms with Crippen molar-refractivity contribution in [2.45, 2.75) is 26.8 Å². The third-order valence-electron chi connectivity index (χ3n) is 2.93. The molecule has 2 N–H and O–H groups in total. The second-order valence-corrected chi connectivity index (χ2v) is 5.63. The van der Waals surface area contributed by atoms with E-state index in [-0.39, 0.29) is 6.04 Å². The van der Waals surface area contributed by atoms with E-state index in [1.807, 2.05) is 43.7 Å². The first-order chi connectivity index (χ1) is 8.41. The van der Waals surface area contributed by atoms with Crippen molar-refractivity contribution in [2.24, 2.45) is 5.73 Å². The highest BCUT2D eigenvalue weighted by Crippen LogP contribution is 2.28. The molecule has 96 valence electrons. The van der Waals surface area contributed by atoms with Crippen LogP contribution in [0.5, 0.6) is 0 Å². The summed E-state index contributed by atoms with van der Waals surface area (Å²) in [5, 5.41) is 5.15. The molecule has 0 fully saturated rings. The molecule has 0 bridgehead atoms. The molecule has 2 aromatic rings. The fraction of sp³-hybridized carbons (Fsp3) is 0.308. The predicted octanol–water partition coefficient (Wildman–Crippen LogP) is 3.92. The molecule has 1 heterocycles. The molecule has 1 unspecified atom stereocenters. The lowest BCUT2D eigenvalue weighted by Crippen LogP contribution is -2.06. The van der Waals surface area contributed by atoms with Gasteiger partial charge in [0.15, 0.2) is 0 Å². The van der Waals surface area contributed by atoms with Crippen molar-refractivity contribution in [1.82, 2.24) is 9.78 Å². The van der Waals surface area contributed by atoms with E-state index in [9.17, 15) is 0 Å². The molecule has 2 rings (SSSR count). The van der Waals surface area contributed by atoms with Gasteiger partial charge in [-0.25, -0.2) is 4.68 Å². The number of nitrogens with two attached hydrogens (primary N) is 1. The molecule has 0 saturated heterocycles. The normalized spacial score (nSPS) is 12.8. The standard InChI is InChI=1S/C13H15BrClN3/c1-7(16)10-4-5-12(11(14)6-10)18-9(3)13(15)8(2)17-18/h4-7H,16H2,1-3H3. The minimum Gasteiger partial charge on any atom is -0.324 e. The molecule has 1 atom stereocenters.